The monoisotopic (exact) mass is 395 g/mol. The highest BCUT2D eigenvalue weighted by Gasteiger charge is 2.14. The molecule has 26 heavy (non-hydrogen) atoms. The summed E-state index contributed by atoms with van der Waals surface area (Å²) in [4.78, 5) is 29.5. The Kier molecular flexibility index (Phi) is 7.97. The molecule has 5 nitrogen and oxygen atoms in total. The van der Waals surface area contributed by atoms with Crippen LogP contribution in [0.15, 0.2) is 28.2 Å². The molecule has 0 aliphatic rings. The van der Waals surface area contributed by atoms with Gasteiger partial charge in [-0.15, -0.1) is 0 Å². The number of nitrogens with one attached hydrogen (secondary N) is 1. The molecule has 2 rings (SSSR count). The lowest BCUT2D eigenvalue weighted by Gasteiger charge is -2.14. The van der Waals surface area contributed by atoms with E-state index in [1.165, 1.54) is 11.8 Å². The largest absolute Gasteiger partial charge is 0.355 e. The van der Waals surface area contributed by atoms with Crippen molar-refractivity contribution in [1.82, 2.24) is 14.9 Å². The van der Waals surface area contributed by atoms with Crippen molar-refractivity contribution >= 4 is 40.2 Å². The number of fused-ring (bicyclic) bond motifs is 1. The fourth-order valence-electron chi connectivity index (χ4n) is 2.45. The number of thioether (sulfide) groups is 1. The van der Waals surface area contributed by atoms with Gasteiger partial charge in [0.25, 0.3) is 5.56 Å². The van der Waals surface area contributed by atoms with Crippen molar-refractivity contribution in [3.8, 4) is 0 Å². The van der Waals surface area contributed by atoms with Crippen LogP contribution in [0.1, 0.15) is 40.0 Å². The summed E-state index contributed by atoms with van der Waals surface area (Å²) in [6, 6.07) is 5.11. The van der Waals surface area contributed by atoms with Gasteiger partial charge < -0.3 is 5.32 Å². The summed E-state index contributed by atoms with van der Waals surface area (Å²) in [5.41, 5.74) is 0.485. The smallest absolute Gasteiger partial charge is 0.262 e. The quantitative estimate of drug-likeness (QED) is 0.394. The summed E-state index contributed by atoms with van der Waals surface area (Å²) in [5, 5.41) is 4.54. The zero-order valence-electron chi connectivity index (χ0n) is 15.5. The molecule has 0 aliphatic carbocycles. The van der Waals surface area contributed by atoms with Crippen molar-refractivity contribution in [1.29, 1.82) is 0 Å². The highest BCUT2D eigenvalue weighted by atomic mass is 35.5. The number of carbonyl (C=O) groups excluding carboxylic acids is 1. The predicted molar refractivity (Wildman–Crippen MR) is 109 cm³/mol. The van der Waals surface area contributed by atoms with Crippen LogP contribution < -0.4 is 10.9 Å². The number of unbranched alkanes of at least 4 members (excludes halogenated alkanes) is 1. The van der Waals surface area contributed by atoms with Gasteiger partial charge in [-0.25, -0.2) is 4.98 Å². The van der Waals surface area contributed by atoms with Gasteiger partial charge in [-0.2, -0.15) is 0 Å². The number of halogens is 1. The fourth-order valence-corrected chi connectivity index (χ4v) is 3.48. The van der Waals surface area contributed by atoms with Crippen LogP contribution in [0.5, 0.6) is 0 Å². The minimum Gasteiger partial charge on any atom is -0.355 e. The SMILES string of the molecule is CCCCNC(=O)CSc1nc2cc(Cl)ccc2c(=O)n1CCC(C)C. The summed E-state index contributed by atoms with van der Waals surface area (Å²) in [7, 11) is 0. The van der Waals surface area contributed by atoms with Gasteiger partial charge in [0.05, 0.1) is 16.7 Å². The van der Waals surface area contributed by atoms with Gasteiger partial charge >= 0.3 is 0 Å². The Morgan fingerprint density at radius 2 is 2.15 bits per heavy atom. The molecule has 1 N–H and O–H groups in total. The Hall–Kier alpha value is -1.53. The van der Waals surface area contributed by atoms with Crippen molar-refractivity contribution in [2.24, 2.45) is 5.92 Å². The van der Waals surface area contributed by atoms with Gasteiger partial charge in [0.2, 0.25) is 5.91 Å². The molecule has 0 saturated heterocycles. The van der Waals surface area contributed by atoms with E-state index in [0.29, 0.717) is 40.1 Å². The first-order valence-corrected chi connectivity index (χ1v) is 10.4. The fraction of sp³-hybridized carbons (Fsp3) is 0.526. The Labute approximate surface area is 163 Å². The van der Waals surface area contributed by atoms with E-state index in [1.54, 1.807) is 22.8 Å². The van der Waals surface area contributed by atoms with Gasteiger partial charge in [-0.05, 0) is 37.0 Å². The molecule has 0 spiro atoms. The van der Waals surface area contributed by atoms with E-state index in [-0.39, 0.29) is 17.2 Å². The van der Waals surface area contributed by atoms with Crippen LogP contribution >= 0.6 is 23.4 Å². The van der Waals surface area contributed by atoms with Crippen LogP contribution in [0.4, 0.5) is 0 Å². The lowest BCUT2D eigenvalue weighted by atomic mass is 10.1. The van der Waals surface area contributed by atoms with Crippen LogP contribution in [0.3, 0.4) is 0 Å². The number of hydrogen-bond acceptors (Lipinski definition) is 4. The number of aromatic nitrogens is 2. The molecule has 0 bridgehead atoms. The van der Waals surface area contributed by atoms with E-state index in [0.717, 1.165) is 19.3 Å². The molecule has 1 aromatic heterocycles. The van der Waals surface area contributed by atoms with E-state index in [1.807, 2.05) is 0 Å². The molecule has 1 amide bonds. The third-order valence-electron chi connectivity index (χ3n) is 4.00. The number of rotatable bonds is 9. The molecule has 0 unspecified atom stereocenters. The molecule has 0 aliphatic heterocycles. The van der Waals surface area contributed by atoms with E-state index in [4.69, 9.17) is 11.6 Å². The van der Waals surface area contributed by atoms with Crippen molar-refractivity contribution in [2.45, 2.75) is 51.7 Å². The van der Waals surface area contributed by atoms with Crippen LogP contribution in [0, 0.1) is 5.92 Å². The molecule has 7 heteroatoms. The van der Waals surface area contributed by atoms with Crippen LogP contribution in [0.2, 0.25) is 5.02 Å². The topological polar surface area (TPSA) is 64.0 Å². The Balaban J connectivity index is 2.27. The molecule has 2 aromatic rings. The molecule has 0 radical (unpaired) electrons. The second-order valence-electron chi connectivity index (χ2n) is 6.69. The van der Waals surface area contributed by atoms with Crippen LogP contribution in [-0.4, -0.2) is 27.8 Å². The average Bonchev–Trinajstić information content (AvgIpc) is 2.59. The highest BCUT2D eigenvalue weighted by Crippen LogP contribution is 2.21. The number of nitrogens with zero attached hydrogens (tertiary/aromatic N) is 2. The zero-order valence-corrected chi connectivity index (χ0v) is 17.1. The predicted octanol–water partition coefficient (Wildman–Crippen LogP) is 4.10. The lowest BCUT2D eigenvalue weighted by Crippen LogP contribution is -2.28. The maximum atomic E-state index is 12.9. The molecule has 142 valence electrons. The molecule has 1 aromatic carbocycles. The minimum atomic E-state index is -0.0822. The highest BCUT2D eigenvalue weighted by molar-refractivity contribution is 7.99. The number of benzene rings is 1. The molecular formula is C19H26ClN3O2S. The van der Waals surface area contributed by atoms with Gasteiger partial charge in [0.15, 0.2) is 5.16 Å². The maximum absolute atomic E-state index is 12.9. The Morgan fingerprint density at radius 3 is 2.85 bits per heavy atom. The Morgan fingerprint density at radius 1 is 1.38 bits per heavy atom. The molecule has 0 saturated carbocycles. The van der Waals surface area contributed by atoms with Crippen molar-refractivity contribution in [3.63, 3.8) is 0 Å². The summed E-state index contributed by atoms with van der Waals surface area (Å²) >= 11 is 7.34. The number of carbonyl (C=O) groups is 1. The van der Waals surface area contributed by atoms with Crippen molar-refractivity contribution < 1.29 is 4.79 Å². The standard InChI is InChI=1S/C19H26ClN3O2S/c1-4-5-9-21-17(24)12-26-19-22-16-11-14(20)6-7-15(16)18(25)23(19)10-8-13(2)3/h6-7,11,13H,4-5,8-10,12H2,1-3H3,(H,21,24). The van der Waals surface area contributed by atoms with E-state index in [2.05, 4.69) is 31.1 Å². The maximum Gasteiger partial charge on any atom is 0.262 e. The second-order valence-corrected chi connectivity index (χ2v) is 8.07. The first kappa shape index (κ1) is 20.8. The zero-order chi connectivity index (χ0) is 19.1. The lowest BCUT2D eigenvalue weighted by molar-refractivity contribution is -0.118. The summed E-state index contributed by atoms with van der Waals surface area (Å²) in [6.07, 6.45) is 2.87. The molecule has 1 heterocycles. The van der Waals surface area contributed by atoms with Gasteiger partial charge in [-0.1, -0.05) is 50.6 Å². The van der Waals surface area contributed by atoms with Gasteiger partial charge in [-0.3, -0.25) is 14.2 Å². The second kappa shape index (κ2) is 9.97. The van der Waals surface area contributed by atoms with Gasteiger partial charge in [0.1, 0.15) is 0 Å². The van der Waals surface area contributed by atoms with E-state index >= 15 is 0 Å². The number of amides is 1. The van der Waals surface area contributed by atoms with E-state index < -0.39 is 0 Å². The van der Waals surface area contributed by atoms with Crippen molar-refractivity contribution in [3.05, 3.63) is 33.6 Å². The minimum absolute atomic E-state index is 0.0423. The van der Waals surface area contributed by atoms with E-state index in [9.17, 15) is 9.59 Å². The first-order chi connectivity index (χ1) is 12.4. The third kappa shape index (κ3) is 5.74. The normalized spacial score (nSPS) is 11.3. The first-order valence-electron chi connectivity index (χ1n) is 9.02. The third-order valence-corrected chi connectivity index (χ3v) is 5.21. The average molecular weight is 396 g/mol. The summed E-state index contributed by atoms with van der Waals surface area (Å²) in [6.45, 7) is 7.58. The number of hydrogen-bond donors (Lipinski definition) is 1. The summed E-state index contributed by atoms with van der Waals surface area (Å²) in [5.74, 6) is 0.668. The molecular weight excluding hydrogens is 370 g/mol. The molecule has 0 atom stereocenters. The Bertz CT molecular complexity index is 820. The van der Waals surface area contributed by atoms with Crippen LogP contribution in [0.25, 0.3) is 10.9 Å². The summed E-state index contributed by atoms with van der Waals surface area (Å²) < 4.78 is 1.68. The van der Waals surface area contributed by atoms with Crippen LogP contribution in [-0.2, 0) is 11.3 Å². The van der Waals surface area contributed by atoms with Gasteiger partial charge in [0, 0.05) is 18.1 Å². The molecule has 0 fully saturated rings. The van der Waals surface area contributed by atoms with Crippen molar-refractivity contribution in [2.75, 3.05) is 12.3 Å².